The molecule has 2 rings (SSSR count). The Morgan fingerprint density at radius 3 is 2.77 bits per heavy atom. The molecule has 2 heteroatoms. The van der Waals surface area contributed by atoms with Gasteiger partial charge in [-0.05, 0) is 37.2 Å². The highest BCUT2D eigenvalue weighted by Gasteiger charge is 2.53. The molecule has 0 aromatic carbocycles. The Bertz CT molecular complexity index is 244. The predicted octanol–water partition coefficient (Wildman–Crippen LogP) is 1.33. The van der Waals surface area contributed by atoms with E-state index in [9.17, 15) is 10.2 Å². The van der Waals surface area contributed by atoms with E-state index in [1.165, 1.54) is 0 Å². The van der Waals surface area contributed by atoms with Crippen molar-refractivity contribution < 1.29 is 10.2 Å². The predicted molar refractivity (Wildman–Crippen MR) is 51.1 cm³/mol. The fourth-order valence-corrected chi connectivity index (χ4v) is 2.99. The fourth-order valence-electron chi connectivity index (χ4n) is 2.99. The highest BCUT2D eigenvalue weighted by atomic mass is 16.3. The van der Waals surface area contributed by atoms with Crippen molar-refractivity contribution in [1.82, 2.24) is 0 Å². The van der Waals surface area contributed by atoms with E-state index >= 15 is 0 Å². The maximum Gasteiger partial charge on any atom is 0.0879 e. The third kappa shape index (κ3) is 1.09. The van der Waals surface area contributed by atoms with Crippen molar-refractivity contribution in [3.63, 3.8) is 0 Å². The van der Waals surface area contributed by atoms with Crippen LogP contribution in [-0.4, -0.2) is 21.9 Å². The Labute approximate surface area is 79.3 Å². The minimum Gasteiger partial charge on any atom is -0.392 e. The number of aliphatic hydroxyl groups is 2. The average Bonchev–Trinajstić information content (AvgIpc) is 2.26. The quantitative estimate of drug-likeness (QED) is 0.555. The second-order valence-corrected chi connectivity index (χ2v) is 4.93. The average molecular weight is 182 g/mol. The van der Waals surface area contributed by atoms with Gasteiger partial charge in [0.15, 0.2) is 0 Å². The molecule has 2 aliphatic rings. The van der Waals surface area contributed by atoms with Gasteiger partial charge >= 0.3 is 0 Å². The minimum atomic E-state index is -0.847. The van der Waals surface area contributed by atoms with Gasteiger partial charge in [-0.3, -0.25) is 0 Å². The number of aliphatic hydroxyl groups excluding tert-OH is 1. The summed E-state index contributed by atoms with van der Waals surface area (Å²) in [7, 11) is 0. The van der Waals surface area contributed by atoms with Gasteiger partial charge in [-0.25, -0.2) is 0 Å². The van der Waals surface area contributed by atoms with Gasteiger partial charge in [0, 0.05) is 5.92 Å². The Hall–Kier alpha value is -0.340. The Morgan fingerprint density at radius 2 is 2.15 bits per heavy atom. The first kappa shape index (κ1) is 9.22. The Balaban J connectivity index is 2.34. The van der Waals surface area contributed by atoms with E-state index in [1.54, 1.807) is 6.92 Å². The normalized spacial score (nSPS) is 55.5. The van der Waals surface area contributed by atoms with Crippen molar-refractivity contribution in [2.75, 3.05) is 0 Å². The van der Waals surface area contributed by atoms with Gasteiger partial charge < -0.3 is 10.2 Å². The number of hydrogen-bond acceptors (Lipinski definition) is 2. The molecule has 2 nitrogen and oxygen atoms in total. The molecule has 74 valence electrons. The number of fused-ring (bicyclic) bond motifs is 2. The smallest absolute Gasteiger partial charge is 0.0879 e. The van der Waals surface area contributed by atoms with Crippen LogP contribution in [0.25, 0.3) is 0 Å². The molecule has 0 aromatic heterocycles. The molecule has 0 heterocycles. The van der Waals surface area contributed by atoms with E-state index in [1.807, 2.05) is 0 Å². The van der Waals surface area contributed by atoms with Crippen molar-refractivity contribution in [1.29, 1.82) is 0 Å². The zero-order chi connectivity index (χ0) is 9.80. The summed E-state index contributed by atoms with van der Waals surface area (Å²) in [6.07, 6.45) is 1.39. The summed E-state index contributed by atoms with van der Waals surface area (Å²) in [5.41, 5.74) is 0.0536. The lowest BCUT2D eigenvalue weighted by Gasteiger charge is -2.40. The third-order valence-corrected chi connectivity index (χ3v) is 4.13. The highest BCUT2D eigenvalue weighted by Crippen LogP contribution is 2.52. The van der Waals surface area contributed by atoms with Gasteiger partial charge in [-0.15, -0.1) is 0 Å². The molecule has 0 spiro atoms. The van der Waals surface area contributed by atoms with Gasteiger partial charge in [0.05, 0.1) is 11.7 Å². The van der Waals surface area contributed by atoms with E-state index in [2.05, 4.69) is 13.5 Å². The lowest BCUT2D eigenvalue weighted by molar-refractivity contribution is -0.0530. The van der Waals surface area contributed by atoms with Gasteiger partial charge in [0.2, 0.25) is 0 Å². The monoisotopic (exact) mass is 182 g/mol. The first-order valence-corrected chi connectivity index (χ1v) is 5.03. The Kier molecular flexibility index (Phi) is 1.83. The maximum absolute atomic E-state index is 10.2. The van der Waals surface area contributed by atoms with Crippen LogP contribution in [0, 0.1) is 17.8 Å². The summed E-state index contributed by atoms with van der Waals surface area (Å²) >= 11 is 0. The van der Waals surface area contributed by atoms with Crippen LogP contribution in [0.3, 0.4) is 0 Å². The van der Waals surface area contributed by atoms with E-state index in [4.69, 9.17) is 0 Å². The van der Waals surface area contributed by atoms with E-state index in [0.717, 1.165) is 18.4 Å². The van der Waals surface area contributed by atoms with Gasteiger partial charge in [-0.1, -0.05) is 13.5 Å². The summed E-state index contributed by atoms with van der Waals surface area (Å²) < 4.78 is 0. The van der Waals surface area contributed by atoms with Crippen molar-refractivity contribution in [2.24, 2.45) is 17.8 Å². The van der Waals surface area contributed by atoms with E-state index in [0.29, 0.717) is 11.8 Å². The van der Waals surface area contributed by atoms with Crippen LogP contribution in [0.1, 0.15) is 26.7 Å². The van der Waals surface area contributed by atoms with Crippen LogP contribution in [0.5, 0.6) is 0 Å². The van der Waals surface area contributed by atoms with Crippen LogP contribution >= 0.6 is 0 Å². The summed E-state index contributed by atoms with van der Waals surface area (Å²) in [4.78, 5) is 0. The molecule has 2 N–H and O–H groups in total. The summed E-state index contributed by atoms with van der Waals surface area (Å²) in [5, 5.41) is 20.1. The first-order chi connectivity index (χ1) is 5.94. The number of hydrogen-bond donors (Lipinski definition) is 2. The van der Waals surface area contributed by atoms with Crippen molar-refractivity contribution in [3.8, 4) is 0 Å². The van der Waals surface area contributed by atoms with Gasteiger partial charge in [-0.2, -0.15) is 0 Å². The van der Waals surface area contributed by atoms with Crippen molar-refractivity contribution in [3.05, 3.63) is 12.2 Å². The summed E-state index contributed by atoms with van der Waals surface area (Å²) in [5.74, 6) is 0.859. The van der Waals surface area contributed by atoms with E-state index < -0.39 is 5.60 Å². The molecule has 5 atom stereocenters. The molecule has 0 aliphatic heterocycles. The minimum absolute atomic E-state index is 0.00810. The second-order valence-electron chi connectivity index (χ2n) is 4.93. The molecule has 2 fully saturated rings. The molecule has 0 amide bonds. The second kappa shape index (κ2) is 2.58. The molecular formula is C11H18O2. The fraction of sp³-hybridized carbons (Fsp3) is 0.818. The molecule has 2 bridgehead atoms. The lowest BCUT2D eigenvalue weighted by Crippen LogP contribution is -2.46. The zero-order valence-electron chi connectivity index (χ0n) is 8.33. The van der Waals surface area contributed by atoms with E-state index in [-0.39, 0.29) is 12.0 Å². The van der Waals surface area contributed by atoms with Crippen LogP contribution in [0.4, 0.5) is 0 Å². The first-order valence-electron chi connectivity index (χ1n) is 5.03. The molecule has 2 aliphatic carbocycles. The van der Waals surface area contributed by atoms with Crippen LogP contribution in [-0.2, 0) is 0 Å². The van der Waals surface area contributed by atoms with Crippen LogP contribution < -0.4 is 0 Å². The molecule has 0 aromatic rings. The standard InChI is InChI=1S/C11H18O2/c1-6-4-9-10(12)8(6)5-7(2)11(9,3)13/h6,8-10,12-13H,2,4-5H2,1,3H3. The molecule has 0 saturated heterocycles. The SMILES string of the molecule is C=C1CC2C(C)CC(C2O)C1(C)O. The molecule has 13 heavy (non-hydrogen) atoms. The maximum atomic E-state index is 10.2. The molecule has 5 unspecified atom stereocenters. The summed E-state index contributed by atoms with van der Waals surface area (Å²) in [6, 6.07) is 0. The molecular weight excluding hydrogens is 164 g/mol. The van der Waals surface area contributed by atoms with Crippen LogP contribution in [0.2, 0.25) is 0 Å². The third-order valence-electron chi connectivity index (χ3n) is 4.13. The highest BCUT2D eigenvalue weighted by molar-refractivity contribution is 5.22. The topological polar surface area (TPSA) is 40.5 Å². The van der Waals surface area contributed by atoms with Gasteiger partial charge in [0.1, 0.15) is 0 Å². The lowest BCUT2D eigenvalue weighted by atomic mass is 9.72. The van der Waals surface area contributed by atoms with Crippen molar-refractivity contribution >= 4 is 0 Å². The largest absolute Gasteiger partial charge is 0.392 e. The van der Waals surface area contributed by atoms with Crippen LogP contribution in [0.15, 0.2) is 12.2 Å². The molecule has 2 saturated carbocycles. The van der Waals surface area contributed by atoms with Crippen molar-refractivity contribution in [2.45, 2.75) is 38.4 Å². The van der Waals surface area contributed by atoms with Gasteiger partial charge in [0.25, 0.3) is 0 Å². The molecule has 0 radical (unpaired) electrons. The summed E-state index contributed by atoms with van der Waals surface area (Å²) in [6.45, 7) is 7.86. The zero-order valence-corrected chi connectivity index (χ0v) is 8.33. The Morgan fingerprint density at radius 1 is 1.54 bits per heavy atom. The number of rotatable bonds is 0.